The number of amides is 2. The van der Waals surface area contributed by atoms with Crippen molar-refractivity contribution in [3.63, 3.8) is 0 Å². The Morgan fingerprint density at radius 3 is 2.15 bits per heavy atom. The lowest BCUT2D eigenvalue weighted by Crippen LogP contribution is -2.53. The van der Waals surface area contributed by atoms with Gasteiger partial charge in [0.1, 0.15) is 6.04 Å². The van der Waals surface area contributed by atoms with Crippen LogP contribution in [0.2, 0.25) is 0 Å². The van der Waals surface area contributed by atoms with E-state index in [1.54, 1.807) is 21.3 Å². The predicted molar refractivity (Wildman–Crippen MR) is 146 cm³/mol. The second-order valence-corrected chi connectivity index (χ2v) is 13.6. The fraction of sp³-hybridized carbons (Fsp3) is 0.667. The van der Waals surface area contributed by atoms with E-state index in [0.717, 1.165) is 38.5 Å². The van der Waals surface area contributed by atoms with Gasteiger partial charge in [0.25, 0.3) is 0 Å². The van der Waals surface area contributed by atoms with Crippen LogP contribution < -0.4 is 11.1 Å². The molecule has 214 valence electrons. The minimum absolute atomic E-state index is 0.00398. The number of carbonyl (C=O) groups excluding carboxylic acids is 2. The molecular weight excluding hydrogens is 522 g/mol. The fourth-order valence-electron chi connectivity index (χ4n) is 6.27. The van der Waals surface area contributed by atoms with Gasteiger partial charge in [0.15, 0.2) is 0 Å². The van der Waals surface area contributed by atoms with Crippen LogP contribution in [0.4, 0.5) is 5.69 Å². The van der Waals surface area contributed by atoms with Crippen molar-refractivity contribution in [2.75, 3.05) is 44.6 Å². The Kier molecular flexibility index (Phi) is 8.27. The molecule has 12 heteroatoms. The minimum Gasteiger partial charge on any atom is -0.478 e. The Labute approximate surface area is 229 Å². The van der Waals surface area contributed by atoms with Crippen molar-refractivity contribution in [1.29, 1.82) is 0 Å². The highest BCUT2D eigenvalue weighted by molar-refractivity contribution is 7.90. The van der Waals surface area contributed by atoms with E-state index in [4.69, 9.17) is 10.8 Å². The summed E-state index contributed by atoms with van der Waals surface area (Å²) in [5.74, 6) is -1.02. The first-order chi connectivity index (χ1) is 18.7. The van der Waals surface area contributed by atoms with E-state index in [0.29, 0.717) is 57.3 Å². The molecule has 2 amide bonds. The van der Waals surface area contributed by atoms with E-state index in [-0.39, 0.29) is 34.6 Å². The first-order valence-electron chi connectivity index (χ1n) is 14.0. The predicted octanol–water partition coefficient (Wildman–Crippen LogP) is 1.17. The molecule has 5 rings (SSSR count). The molecule has 11 nitrogen and oxygen atoms in total. The molecule has 0 aromatic heterocycles. The third kappa shape index (κ3) is 6.13. The van der Waals surface area contributed by atoms with Gasteiger partial charge < -0.3 is 21.1 Å². The molecule has 2 saturated heterocycles. The molecule has 0 bridgehead atoms. The second kappa shape index (κ2) is 11.5. The van der Waals surface area contributed by atoms with Gasteiger partial charge in [-0.1, -0.05) is 0 Å². The number of hydrogen-bond donors (Lipinski definition) is 3. The van der Waals surface area contributed by atoms with Crippen LogP contribution in [-0.2, 0) is 19.6 Å². The van der Waals surface area contributed by atoms with E-state index >= 15 is 0 Å². The van der Waals surface area contributed by atoms with Crippen molar-refractivity contribution in [3.8, 4) is 0 Å². The molecular formula is C27H39N5O6S. The number of nitrogens with one attached hydrogen (secondary N) is 1. The van der Waals surface area contributed by atoms with E-state index < -0.39 is 22.0 Å². The quantitative estimate of drug-likeness (QED) is 0.428. The van der Waals surface area contributed by atoms with E-state index in [1.807, 2.05) is 0 Å². The topological polar surface area (TPSA) is 153 Å². The summed E-state index contributed by atoms with van der Waals surface area (Å²) in [6.45, 7) is 3.07. The molecule has 2 aliphatic heterocycles. The molecule has 2 aliphatic carbocycles. The van der Waals surface area contributed by atoms with Crippen LogP contribution in [0, 0.1) is 11.8 Å². The van der Waals surface area contributed by atoms with E-state index in [9.17, 15) is 22.8 Å². The Morgan fingerprint density at radius 1 is 0.949 bits per heavy atom. The van der Waals surface area contributed by atoms with Gasteiger partial charge in [0.05, 0.1) is 10.8 Å². The first-order valence-corrected chi connectivity index (χ1v) is 15.6. The van der Waals surface area contributed by atoms with Crippen LogP contribution in [0.3, 0.4) is 0 Å². The van der Waals surface area contributed by atoms with Crippen molar-refractivity contribution in [2.45, 2.75) is 62.3 Å². The molecule has 4 fully saturated rings. The van der Waals surface area contributed by atoms with Gasteiger partial charge >= 0.3 is 5.97 Å². The van der Waals surface area contributed by atoms with Gasteiger partial charge in [-0.05, 0) is 81.7 Å². The highest BCUT2D eigenvalue weighted by atomic mass is 32.2. The van der Waals surface area contributed by atoms with Crippen molar-refractivity contribution in [3.05, 3.63) is 29.8 Å². The van der Waals surface area contributed by atoms with Crippen molar-refractivity contribution < 1.29 is 27.9 Å². The van der Waals surface area contributed by atoms with Crippen molar-refractivity contribution >= 4 is 33.5 Å². The van der Waals surface area contributed by atoms with Gasteiger partial charge in [-0.3, -0.25) is 14.5 Å². The summed E-state index contributed by atoms with van der Waals surface area (Å²) in [7, 11) is -3.22. The zero-order chi connectivity index (χ0) is 27.7. The summed E-state index contributed by atoms with van der Waals surface area (Å²) < 4.78 is 26.9. The summed E-state index contributed by atoms with van der Waals surface area (Å²) in [4.78, 5) is 42.3. The Morgan fingerprint density at radius 2 is 1.59 bits per heavy atom. The van der Waals surface area contributed by atoms with Gasteiger partial charge in [-0.15, -0.1) is 0 Å². The number of carboxylic acid groups (broad SMARTS) is 1. The highest BCUT2D eigenvalue weighted by Crippen LogP contribution is 2.34. The Hall–Kier alpha value is -2.54. The zero-order valence-electron chi connectivity index (χ0n) is 22.2. The lowest BCUT2D eigenvalue weighted by Gasteiger charge is -2.37. The smallest absolute Gasteiger partial charge is 0.335 e. The maximum atomic E-state index is 13.7. The van der Waals surface area contributed by atoms with Gasteiger partial charge in [-0.25, -0.2) is 13.2 Å². The van der Waals surface area contributed by atoms with Crippen molar-refractivity contribution in [2.24, 2.45) is 17.6 Å². The lowest BCUT2D eigenvalue weighted by molar-refractivity contribution is -0.141. The summed E-state index contributed by atoms with van der Waals surface area (Å²) in [5, 5.41) is 11.8. The molecule has 2 heterocycles. The average Bonchev–Trinajstić information content (AvgIpc) is 3.72. The summed E-state index contributed by atoms with van der Waals surface area (Å²) in [5.41, 5.74) is 6.44. The second-order valence-electron chi connectivity index (χ2n) is 11.4. The number of likely N-dealkylation sites (tertiary alicyclic amines) is 1. The van der Waals surface area contributed by atoms with Gasteiger partial charge in [0, 0.05) is 50.4 Å². The highest BCUT2D eigenvalue weighted by Gasteiger charge is 2.46. The van der Waals surface area contributed by atoms with Gasteiger partial charge in [0.2, 0.25) is 21.8 Å². The molecule has 1 aromatic rings. The number of carbonyl (C=O) groups is 3. The number of sulfonamides is 1. The van der Waals surface area contributed by atoms with Crippen LogP contribution in [0.5, 0.6) is 0 Å². The minimum atomic E-state index is -3.22. The molecule has 1 aromatic carbocycles. The van der Waals surface area contributed by atoms with Crippen LogP contribution >= 0.6 is 0 Å². The summed E-state index contributed by atoms with van der Waals surface area (Å²) in [6.07, 6.45) is 5.31. The molecule has 0 spiro atoms. The van der Waals surface area contributed by atoms with Crippen LogP contribution in [0.1, 0.15) is 55.3 Å². The monoisotopic (exact) mass is 561 g/mol. The molecule has 2 saturated carbocycles. The third-order valence-electron chi connectivity index (χ3n) is 8.89. The maximum Gasteiger partial charge on any atom is 0.335 e. The average molecular weight is 562 g/mol. The summed E-state index contributed by atoms with van der Waals surface area (Å²) in [6, 6.07) is 5.28. The molecule has 39 heavy (non-hydrogen) atoms. The standard InChI is InChI=1S/C27H39N5O6S/c28-16-18-1-3-19(4-2-18)26(34)32-17-22(30-11-13-31(14-12-30)39(37,38)23-9-10-23)15-24(32)25(33)29-21-7-5-20(6-8-21)27(35)36/h5-8,18-19,22-24H,1-4,9-17,28H2,(H,29,33)(H,35,36). The Balaban J connectivity index is 1.27. The number of benzene rings is 1. The van der Waals surface area contributed by atoms with Gasteiger partial charge in [-0.2, -0.15) is 4.31 Å². The lowest BCUT2D eigenvalue weighted by atomic mass is 9.81. The SMILES string of the molecule is NCC1CCC(C(=O)N2CC(N3CCN(S(=O)(=O)C4CC4)CC3)CC2C(=O)Nc2ccc(C(=O)O)cc2)CC1. The molecule has 0 radical (unpaired) electrons. The fourth-order valence-corrected chi connectivity index (χ4v) is 8.10. The molecule has 4 aliphatic rings. The summed E-state index contributed by atoms with van der Waals surface area (Å²) >= 11 is 0. The molecule has 2 unspecified atom stereocenters. The largest absolute Gasteiger partial charge is 0.478 e. The number of carboxylic acids is 1. The number of hydrogen-bond acceptors (Lipinski definition) is 7. The number of aromatic carboxylic acids is 1. The van der Waals surface area contributed by atoms with Crippen LogP contribution in [0.25, 0.3) is 0 Å². The molecule has 2 atom stereocenters. The van der Waals surface area contributed by atoms with E-state index in [1.165, 1.54) is 12.1 Å². The van der Waals surface area contributed by atoms with Crippen LogP contribution in [-0.4, -0.2) is 102 Å². The number of anilines is 1. The van der Waals surface area contributed by atoms with Crippen molar-refractivity contribution in [1.82, 2.24) is 14.1 Å². The van der Waals surface area contributed by atoms with E-state index in [2.05, 4.69) is 10.2 Å². The number of nitrogens with two attached hydrogens (primary N) is 1. The first kappa shape index (κ1) is 28.0. The Bertz CT molecular complexity index is 1170. The maximum absolute atomic E-state index is 13.7. The number of piperazine rings is 1. The number of rotatable bonds is 8. The number of nitrogens with zero attached hydrogens (tertiary/aromatic N) is 3. The van der Waals surface area contributed by atoms with Crippen LogP contribution in [0.15, 0.2) is 24.3 Å². The normalized spacial score (nSPS) is 28.8. The third-order valence-corrected chi connectivity index (χ3v) is 11.3. The zero-order valence-corrected chi connectivity index (χ0v) is 23.0. The molecule has 4 N–H and O–H groups in total.